The minimum Gasteiger partial charge on any atom is -0.478 e. The number of carbonyl (C=O) groups is 2. The molecule has 1 aliphatic heterocycles. The van der Waals surface area contributed by atoms with Crippen molar-refractivity contribution in [1.82, 2.24) is 0 Å². The number of halogens is 1. The van der Waals surface area contributed by atoms with E-state index in [1.807, 2.05) is 12.1 Å². The summed E-state index contributed by atoms with van der Waals surface area (Å²) in [5.41, 5.74) is 1.48. The van der Waals surface area contributed by atoms with Crippen LogP contribution in [0.2, 0.25) is 0 Å². The molecule has 0 atom stereocenters. The van der Waals surface area contributed by atoms with E-state index in [9.17, 15) is 14.0 Å². The molecule has 1 amide bonds. The normalized spacial score (nSPS) is 14.0. The Kier molecular flexibility index (Phi) is 3.17. The maximum absolute atomic E-state index is 14.1. The van der Waals surface area contributed by atoms with Crippen molar-refractivity contribution in [3.05, 3.63) is 65.0 Å². The highest BCUT2D eigenvalue weighted by Crippen LogP contribution is 2.27. The number of hydrogen-bond acceptors (Lipinski definition) is 2. The van der Waals surface area contributed by atoms with Crippen molar-refractivity contribution in [3.63, 3.8) is 0 Å². The fourth-order valence-corrected chi connectivity index (χ4v) is 2.51. The van der Waals surface area contributed by atoms with E-state index in [2.05, 4.69) is 0 Å². The topological polar surface area (TPSA) is 57.6 Å². The molecule has 4 nitrogen and oxygen atoms in total. The van der Waals surface area contributed by atoms with Crippen molar-refractivity contribution >= 4 is 17.6 Å². The zero-order valence-electron chi connectivity index (χ0n) is 11.0. The molecular weight excluding hydrogens is 273 g/mol. The number of amides is 1. The van der Waals surface area contributed by atoms with Gasteiger partial charge in [0.25, 0.3) is 5.91 Å². The molecule has 0 bridgehead atoms. The number of carbonyl (C=O) groups excluding carboxylic acids is 1. The van der Waals surface area contributed by atoms with Gasteiger partial charge in [0.05, 0.1) is 11.3 Å². The van der Waals surface area contributed by atoms with E-state index >= 15 is 0 Å². The summed E-state index contributed by atoms with van der Waals surface area (Å²) >= 11 is 0. The Morgan fingerprint density at radius 2 is 1.95 bits per heavy atom. The molecule has 0 saturated carbocycles. The lowest BCUT2D eigenvalue weighted by Crippen LogP contribution is -2.38. The van der Waals surface area contributed by atoms with Gasteiger partial charge in [-0.3, -0.25) is 4.79 Å². The van der Waals surface area contributed by atoms with Crippen molar-refractivity contribution in [3.8, 4) is 0 Å². The molecule has 2 aromatic carbocycles. The van der Waals surface area contributed by atoms with E-state index in [-0.39, 0.29) is 17.2 Å². The zero-order valence-corrected chi connectivity index (χ0v) is 11.0. The number of nitrogens with zero attached hydrogens (tertiary/aromatic N) is 1. The molecule has 0 fully saturated rings. The number of aromatic carboxylic acids is 1. The summed E-state index contributed by atoms with van der Waals surface area (Å²) in [4.78, 5) is 24.6. The van der Waals surface area contributed by atoms with E-state index in [0.29, 0.717) is 18.5 Å². The molecule has 5 heteroatoms. The average Bonchev–Trinajstić information content (AvgIpc) is 2.48. The smallest absolute Gasteiger partial charge is 0.335 e. The van der Waals surface area contributed by atoms with Crippen LogP contribution in [-0.2, 0) is 6.42 Å². The van der Waals surface area contributed by atoms with Gasteiger partial charge in [-0.15, -0.1) is 0 Å². The predicted molar refractivity (Wildman–Crippen MR) is 75.2 cm³/mol. The van der Waals surface area contributed by atoms with Crippen LogP contribution in [0.1, 0.15) is 26.3 Å². The third-order valence-corrected chi connectivity index (χ3v) is 3.58. The second-order valence-electron chi connectivity index (χ2n) is 4.84. The molecule has 1 heterocycles. The van der Waals surface area contributed by atoms with Gasteiger partial charge in [-0.1, -0.05) is 18.2 Å². The van der Waals surface area contributed by atoms with E-state index in [4.69, 9.17) is 5.11 Å². The molecule has 2 aromatic rings. The zero-order chi connectivity index (χ0) is 15.0. The molecular formula is C16H12FNO3. The molecule has 0 aliphatic carbocycles. The molecule has 0 unspecified atom stereocenters. The van der Waals surface area contributed by atoms with Gasteiger partial charge in [0.15, 0.2) is 0 Å². The SMILES string of the molecule is O=C(O)c1ccc(N2CCc3ccccc3C2=O)c(F)c1. The number of benzene rings is 2. The lowest BCUT2D eigenvalue weighted by molar-refractivity contribution is 0.0696. The van der Waals surface area contributed by atoms with Crippen molar-refractivity contribution < 1.29 is 19.1 Å². The van der Waals surface area contributed by atoms with Crippen LogP contribution in [0.5, 0.6) is 0 Å². The first-order chi connectivity index (χ1) is 10.1. The lowest BCUT2D eigenvalue weighted by Gasteiger charge is -2.28. The maximum atomic E-state index is 14.1. The summed E-state index contributed by atoms with van der Waals surface area (Å²) in [5.74, 6) is -2.17. The standard InChI is InChI=1S/C16H12FNO3/c17-13-9-11(16(20)21)5-6-14(13)18-8-7-10-3-1-2-4-12(10)15(18)19/h1-6,9H,7-8H2,(H,20,21). The van der Waals surface area contributed by atoms with E-state index in [1.54, 1.807) is 12.1 Å². The summed E-state index contributed by atoms with van der Waals surface area (Å²) in [6.45, 7) is 0.374. The van der Waals surface area contributed by atoms with E-state index in [1.165, 1.54) is 17.0 Å². The number of anilines is 1. The number of carboxylic acids is 1. The molecule has 3 rings (SSSR count). The van der Waals surface area contributed by atoms with Gasteiger partial charge >= 0.3 is 5.97 Å². The Balaban J connectivity index is 1.99. The number of rotatable bonds is 2. The van der Waals surface area contributed by atoms with Crippen molar-refractivity contribution in [2.45, 2.75) is 6.42 Å². The lowest BCUT2D eigenvalue weighted by atomic mass is 9.98. The van der Waals surface area contributed by atoms with Crippen LogP contribution in [0, 0.1) is 5.82 Å². The fourth-order valence-electron chi connectivity index (χ4n) is 2.51. The Labute approximate surface area is 120 Å². The maximum Gasteiger partial charge on any atom is 0.335 e. The molecule has 0 aromatic heterocycles. The molecule has 1 aliphatic rings. The van der Waals surface area contributed by atoms with Gasteiger partial charge < -0.3 is 10.0 Å². The average molecular weight is 285 g/mol. The van der Waals surface area contributed by atoms with E-state index < -0.39 is 11.8 Å². The summed E-state index contributed by atoms with van der Waals surface area (Å²) in [6.07, 6.45) is 0.641. The van der Waals surface area contributed by atoms with Crippen LogP contribution in [0.25, 0.3) is 0 Å². The minimum absolute atomic E-state index is 0.111. The van der Waals surface area contributed by atoms with Gasteiger partial charge in [0.2, 0.25) is 0 Å². The number of fused-ring (bicyclic) bond motifs is 1. The second kappa shape index (κ2) is 5.01. The Hall–Kier alpha value is -2.69. The summed E-state index contributed by atoms with van der Waals surface area (Å²) in [6, 6.07) is 10.8. The Morgan fingerprint density at radius 1 is 1.19 bits per heavy atom. The van der Waals surface area contributed by atoms with Crippen LogP contribution in [0.3, 0.4) is 0 Å². The minimum atomic E-state index is -1.20. The highest BCUT2D eigenvalue weighted by molar-refractivity contribution is 6.08. The first kappa shape index (κ1) is 13.3. The molecule has 1 N–H and O–H groups in total. The summed E-state index contributed by atoms with van der Waals surface area (Å²) < 4.78 is 14.1. The molecule has 0 saturated heterocycles. The quantitative estimate of drug-likeness (QED) is 0.923. The van der Waals surface area contributed by atoms with E-state index in [0.717, 1.165) is 11.6 Å². The van der Waals surface area contributed by atoms with Crippen LogP contribution < -0.4 is 4.90 Å². The van der Waals surface area contributed by atoms with Gasteiger partial charge in [-0.05, 0) is 36.2 Å². The van der Waals surface area contributed by atoms with Crippen LogP contribution in [0.4, 0.5) is 10.1 Å². The van der Waals surface area contributed by atoms with Crippen molar-refractivity contribution in [1.29, 1.82) is 0 Å². The Morgan fingerprint density at radius 3 is 2.67 bits per heavy atom. The second-order valence-corrected chi connectivity index (χ2v) is 4.84. The summed E-state index contributed by atoms with van der Waals surface area (Å²) in [5, 5.41) is 8.85. The number of hydrogen-bond donors (Lipinski definition) is 1. The van der Waals surface area contributed by atoms with Crippen LogP contribution in [-0.4, -0.2) is 23.5 Å². The fraction of sp³-hybridized carbons (Fsp3) is 0.125. The monoisotopic (exact) mass is 285 g/mol. The summed E-state index contributed by atoms with van der Waals surface area (Å²) in [7, 11) is 0. The predicted octanol–water partition coefficient (Wildman–Crippen LogP) is 2.73. The first-order valence-electron chi connectivity index (χ1n) is 6.50. The number of carboxylic acid groups (broad SMARTS) is 1. The van der Waals surface area contributed by atoms with Crippen LogP contribution in [0.15, 0.2) is 42.5 Å². The Bertz CT molecular complexity index is 742. The highest BCUT2D eigenvalue weighted by Gasteiger charge is 2.27. The molecule has 21 heavy (non-hydrogen) atoms. The largest absolute Gasteiger partial charge is 0.478 e. The molecule has 0 radical (unpaired) electrons. The molecule has 0 spiro atoms. The third kappa shape index (κ3) is 2.27. The van der Waals surface area contributed by atoms with Gasteiger partial charge in [0.1, 0.15) is 5.82 Å². The van der Waals surface area contributed by atoms with Crippen molar-refractivity contribution in [2.75, 3.05) is 11.4 Å². The van der Waals surface area contributed by atoms with Gasteiger partial charge in [-0.2, -0.15) is 0 Å². The van der Waals surface area contributed by atoms with Crippen molar-refractivity contribution in [2.24, 2.45) is 0 Å². The van der Waals surface area contributed by atoms with Gasteiger partial charge in [0, 0.05) is 12.1 Å². The first-order valence-corrected chi connectivity index (χ1v) is 6.50. The van der Waals surface area contributed by atoms with Crippen LogP contribution >= 0.6 is 0 Å². The third-order valence-electron chi connectivity index (χ3n) is 3.58. The van der Waals surface area contributed by atoms with Gasteiger partial charge in [-0.25, -0.2) is 9.18 Å². The highest BCUT2D eigenvalue weighted by atomic mass is 19.1. The molecule has 106 valence electrons.